The third kappa shape index (κ3) is 1.88. The fraction of sp³-hybridized carbons (Fsp3) is 0.0476. The van der Waals surface area contributed by atoms with Gasteiger partial charge >= 0.3 is 0 Å². The summed E-state index contributed by atoms with van der Waals surface area (Å²) in [6.45, 7) is 0. The Bertz CT molecular complexity index is 977. The first-order chi connectivity index (χ1) is 11.4. The number of fused-ring (bicyclic) bond motifs is 3. The van der Waals surface area contributed by atoms with Crippen molar-refractivity contribution in [1.82, 2.24) is 9.97 Å². The fourth-order valence-corrected chi connectivity index (χ4v) is 3.63. The van der Waals surface area contributed by atoms with Crippen molar-refractivity contribution < 1.29 is 0 Å². The summed E-state index contributed by atoms with van der Waals surface area (Å²) >= 11 is 0. The maximum atomic E-state index is 3.36. The van der Waals surface area contributed by atoms with Crippen molar-refractivity contribution in [3.63, 3.8) is 0 Å². The normalized spacial score (nSPS) is 12.2. The summed E-state index contributed by atoms with van der Waals surface area (Å²) in [4.78, 5) is 6.71. The van der Waals surface area contributed by atoms with Gasteiger partial charge in [0, 0.05) is 34.9 Å². The average molecular weight is 296 g/mol. The molecule has 4 aromatic rings. The number of hydrogen-bond donors (Lipinski definition) is 2. The van der Waals surface area contributed by atoms with Crippen LogP contribution in [0.25, 0.3) is 33.6 Å². The zero-order chi connectivity index (χ0) is 15.2. The van der Waals surface area contributed by atoms with E-state index in [0.29, 0.717) is 0 Å². The van der Waals surface area contributed by atoms with Crippen LogP contribution >= 0.6 is 0 Å². The van der Waals surface area contributed by atoms with Crippen LogP contribution in [0, 0.1) is 0 Å². The first kappa shape index (κ1) is 12.5. The number of rotatable bonds is 2. The summed E-state index contributed by atoms with van der Waals surface area (Å²) in [7, 11) is 0. The Morgan fingerprint density at radius 3 is 1.96 bits per heavy atom. The SMILES string of the molecule is c1c[nH]c(-c2cc3c(cc2-c2ccc[nH]2)-c2ccccc2C3)c1. The molecule has 0 bridgehead atoms. The highest BCUT2D eigenvalue weighted by molar-refractivity contribution is 5.89. The Morgan fingerprint density at radius 1 is 0.565 bits per heavy atom. The van der Waals surface area contributed by atoms with Gasteiger partial charge in [0.2, 0.25) is 0 Å². The van der Waals surface area contributed by atoms with E-state index in [1.165, 1.54) is 33.4 Å². The molecule has 0 saturated carbocycles. The van der Waals surface area contributed by atoms with Crippen molar-refractivity contribution in [2.75, 3.05) is 0 Å². The molecular formula is C21H16N2. The van der Waals surface area contributed by atoms with Gasteiger partial charge in [0.05, 0.1) is 0 Å². The largest absolute Gasteiger partial charge is 0.361 e. The Hall–Kier alpha value is -3.00. The summed E-state index contributed by atoms with van der Waals surface area (Å²) in [5.41, 5.74) is 10.4. The highest BCUT2D eigenvalue weighted by Gasteiger charge is 2.21. The molecule has 2 N–H and O–H groups in total. The van der Waals surface area contributed by atoms with E-state index >= 15 is 0 Å². The number of nitrogens with one attached hydrogen (secondary N) is 2. The molecule has 23 heavy (non-hydrogen) atoms. The van der Waals surface area contributed by atoms with Gasteiger partial charge in [-0.2, -0.15) is 0 Å². The third-order valence-corrected chi connectivity index (χ3v) is 4.71. The van der Waals surface area contributed by atoms with Crippen molar-refractivity contribution in [2.45, 2.75) is 6.42 Å². The number of H-pyrrole nitrogens is 2. The van der Waals surface area contributed by atoms with Crippen molar-refractivity contribution >= 4 is 0 Å². The molecule has 0 atom stereocenters. The molecule has 5 rings (SSSR count). The Morgan fingerprint density at radius 2 is 1.26 bits per heavy atom. The Balaban J connectivity index is 1.80. The van der Waals surface area contributed by atoms with E-state index < -0.39 is 0 Å². The van der Waals surface area contributed by atoms with Gasteiger partial charge in [-0.25, -0.2) is 0 Å². The first-order valence-corrected chi connectivity index (χ1v) is 7.93. The summed E-state index contributed by atoms with van der Waals surface area (Å²) in [5, 5.41) is 0. The van der Waals surface area contributed by atoms with Crippen LogP contribution in [0.3, 0.4) is 0 Å². The highest BCUT2D eigenvalue weighted by atomic mass is 14.7. The zero-order valence-corrected chi connectivity index (χ0v) is 12.6. The van der Waals surface area contributed by atoms with E-state index in [1.54, 1.807) is 0 Å². The van der Waals surface area contributed by atoms with Crippen LogP contribution in [0.15, 0.2) is 73.1 Å². The van der Waals surface area contributed by atoms with Crippen molar-refractivity contribution in [2.24, 2.45) is 0 Å². The monoisotopic (exact) mass is 296 g/mol. The summed E-state index contributed by atoms with van der Waals surface area (Å²) in [6.07, 6.45) is 4.98. The van der Waals surface area contributed by atoms with Crippen LogP contribution in [0.2, 0.25) is 0 Å². The number of aromatic nitrogens is 2. The molecule has 0 saturated heterocycles. The number of hydrogen-bond acceptors (Lipinski definition) is 0. The molecular weight excluding hydrogens is 280 g/mol. The van der Waals surface area contributed by atoms with Crippen LogP contribution in [0.4, 0.5) is 0 Å². The molecule has 0 aliphatic heterocycles. The van der Waals surface area contributed by atoms with E-state index in [2.05, 4.69) is 70.6 Å². The topological polar surface area (TPSA) is 31.6 Å². The molecule has 0 radical (unpaired) electrons. The highest BCUT2D eigenvalue weighted by Crippen LogP contribution is 2.42. The molecule has 0 unspecified atom stereocenters. The Labute approximate surface area is 134 Å². The summed E-state index contributed by atoms with van der Waals surface area (Å²) in [6, 6.07) is 21.8. The molecule has 2 heteroatoms. The molecule has 2 aromatic heterocycles. The summed E-state index contributed by atoms with van der Waals surface area (Å²) in [5.74, 6) is 0. The lowest BCUT2D eigenvalue weighted by Crippen LogP contribution is -1.90. The van der Waals surface area contributed by atoms with Gasteiger partial charge in [0.15, 0.2) is 0 Å². The van der Waals surface area contributed by atoms with Crippen LogP contribution in [-0.2, 0) is 6.42 Å². The average Bonchev–Trinajstić information content (AvgIpc) is 3.33. The van der Waals surface area contributed by atoms with Crippen molar-refractivity contribution in [3.8, 4) is 33.6 Å². The van der Waals surface area contributed by atoms with Crippen LogP contribution in [0.1, 0.15) is 11.1 Å². The second-order valence-corrected chi connectivity index (χ2v) is 6.06. The molecule has 2 heterocycles. The zero-order valence-electron chi connectivity index (χ0n) is 12.6. The minimum Gasteiger partial charge on any atom is -0.361 e. The van der Waals surface area contributed by atoms with E-state index in [4.69, 9.17) is 0 Å². The van der Waals surface area contributed by atoms with E-state index in [1.807, 2.05) is 12.4 Å². The molecule has 110 valence electrons. The lowest BCUT2D eigenvalue weighted by atomic mass is 9.94. The summed E-state index contributed by atoms with van der Waals surface area (Å²) < 4.78 is 0. The van der Waals surface area contributed by atoms with Crippen LogP contribution in [0.5, 0.6) is 0 Å². The predicted molar refractivity (Wildman–Crippen MR) is 94.3 cm³/mol. The minimum absolute atomic E-state index is 1.02. The van der Waals surface area contributed by atoms with Crippen LogP contribution < -0.4 is 0 Å². The maximum absolute atomic E-state index is 3.36. The standard InChI is InChI=1S/C21H16N2/c1-2-6-16-14(5-1)11-15-12-18(20-7-3-9-22-20)19(13-17(15)16)21-8-4-10-23-21/h1-10,12-13,22-23H,11H2. The smallest absolute Gasteiger partial charge is 0.0460 e. The second kappa shape index (κ2) is 4.75. The van der Waals surface area contributed by atoms with Gasteiger partial charge in [-0.05, 0) is 65.1 Å². The quantitative estimate of drug-likeness (QED) is 0.446. The first-order valence-electron chi connectivity index (χ1n) is 7.93. The van der Waals surface area contributed by atoms with Gasteiger partial charge in [0.25, 0.3) is 0 Å². The van der Waals surface area contributed by atoms with Crippen LogP contribution in [-0.4, -0.2) is 9.97 Å². The lowest BCUT2D eigenvalue weighted by Gasteiger charge is -2.11. The maximum Gasteiger partial charge on any atom is 0.0460 e. The Kier molecular flexibility index (Phi) is 2.59. The molecule has 2 nitrogen and oxygen atoms in total. The van der Waals surface area contributed by atoms with Crippen molar-refractivity contribution in [3.05, 3.63) is 84.2 Å². The fourth-order valence-electron chi connectivity index (χ4n) is 3.63. The molecule has 1 aliphatic carbocycles. The number of benzene rings is 2. The van der Waals surface area contributed by atoms with Gasteiger partial charge in [0.1, 0.15) is 0 Å². The number of aromatic amines is 2. The van der Waals surface area contributed by atoms with Gasteiger partial charge < -0.3 is 9.97 Å². The second-order valence-electron chi connectivity index (χ2n) is 6.06. The van der Waals surface area contributed by atoms with Gasteiger partial charge in [-0.15, -0.1) is 0 Å². The van der Waals surface area contributed by atoms with Crippen molar-refractivity contribution in [1.29, 1.82) is 0 Å². The van der Waals surface area contributed by atoms with E-state index in [9.17, 15) is 0 Å². The van der Waals surface area contributed by atoms with Gasteiger partial charge in [-0.3, -0.25) is 0 Å². The van der Waals surface area contributed by atoms with Gasteiger partial charge in [-0.1, -0.05) is 24.3 Å². The molecule has 0 spiro atoms. The molecule has 1 aliphatic rings. The third-order valence-electron chi connectivity index (χ3n) is 4.71. The van der Waals surface area contributed by atoms with E-state index in [-0.39, 0.29) is 0 Å². The lowest BCUT2D eigenvalue weighted by molar-refractivity contribution is 1.26. The molecule has 0 amide bonds. The van der Waals surface area contributed by atoms with E-state index in [0.717, 1.165) is 17.8 Å². The predicted octanol–water partition coefficient (Wildman–Crippen LogP) is 5.25. The molecule has 0 fully saturated rings. The minimum atomic E-state index is 1.02. The molecule has 2 aromatic carbocycles.